The smallest absolute Gasteiger partial charge is 0.329 e. The van der Waals surface area contributed by atoms with Gasteiger partial charge in [0.1, 0.15) is 25.0 Å². The SMILES string of the molecule is CC(C)(c1ccc(OCc2ccnc(S(C)(=O)=O)n2)cc1)c1cc(Cl)c(OCCCCCOCC(=O)O)c(C#N)c1. The summed E-state index contributed by atoms with van der Waals surface area (Å²) in [6.45, 7) is 4.54. The Morgan fingerprint density at radius 1 is 1.05 bits per heavy atom. The maximum Gasteiger partial charge on any atom is 0.329 e. The number of hydrogen-bond acceptors (Lipinski definition) is 9. The molecule has 10 nitrogen and oxygen atoms in total. The molecule has 0 atom stereocenters. The molecule has 2 aromatic carbocycles. The van der Waals surface area contributed by atoms with Crippen molar-refractivity contribution in [1.82, 2.24) is 9.97 Å². The first-order chi connectivity index (χ1) is 19.4. The molecule has 1 aromatic heterocycles. The lowest BCUT2D eigenvalue weighted by Crippen LogP contribution is -2.19. The number of sulfone groups is 1. The number of carboxylic acid groups (broad SMARTS) is 1. The number of aliphatic carboxylic acids is 1. The van der Waals surface area contributed by atoms with Crippen LogP contribution in [0.1, 0.15) is 55.5 Å². The van der Waals surface area contributed by atoms with Crippen molar-refractivity contribution in [2.75, 3.05) is 26.1 Å². The van der Waals surface area contributed by atoms with Gasteiger partial charge in [-0.1, -0.05) is 37.6 Å². The average molecular weight is 602 g/mol. The number of unbranched alkanes of at least 4 members (excludes halogenated alkanes) is 2. The van der Waals surface area contributed by atoms with E-state index in [2.05, 4.69) is 16.0 Å². The third-order valence-electron chi connectivity index (χ3n) is 6.28. The van der Waals surface area contributed by atoms with Gasteiger partial charge in [-0.2, -0.15) is 5.26 Å². The summed E-state index contributed by atoms with van der Waals surface area (Å²) in [6, 6.07) is 14.8. The van der Waals surface area contributed by atoms with Gasteiger partial charge in [-0.05, 0) is 60.7 Å². The zero-order chi connectivity index (χ0) is 30.0. The molecule has 1 N–H and O–H groups in total. The number of carbonyl (C=O) groups is 1. The van der Waals surface area contributed by atoms with Crippen molar-refractivity contribution in [3.63, 3.8) is 0 Å². The van der Waals surface area contributed by atoms with Crippen LogP contribution in [-0.2, 0) is 31.4 Å². The summed E-state index contributed by atoms with van der Waals surface area (Å²) < 4.78 is 40.0. The van der Waals surface area contributed by atoms with Crippen LogP contribution in [0.25, 0.3) is 0 Å². The number of nitriles is 1. The zero-order valence-electron chi connectivity index (χ0n) is 23.1. The van der Waals surface area contributed by atoms with Gasteiger partial charge in [0.05, 0.1) is 22.9 Å². The van der Waals surface area contributed by atoms with Crippen LogP contribution in [0.3, 0.4) is 0 Å². The lowest BCUT2D eigenvalue weighted by Gasteiger charge is -2.27. The van der Waals surface area contributed by atoms with Crippen LogP contribution in [0.5, 0.6) is 11.5 Å². The third kappa shape index (κ3) is 9.14. The minimum atomic E-state index is -3.51. The van der Waals surface area contributed by atoms with Gasteiger partial charge in [0, 0.05) is 24.5 Å². The van der Waals surface area contributed by atoms with Crippen molar-refractivity contribution in [3.05, 3.63) is 76.1 Å². The first-order valence-corrected chi connectivity index (χ1v) is 15.1. The maximum absolute atomic E-state index is 11.7. The van der Waals surface area contributed by atoms with Gasteiger partial charge >= 0.3 is 5.97 Å². The molecule has 0 unspecified atom stereocenters. The van der Waals surface area contributed by atoms with Crippen molar-refractivity contribution in [2.45, 2.75) is 50.3 Å². The predicted molar refractivity (Wildman–Crippen MR) is 152 cm³/mol. The van der Waals surface area contributed by atoms with E-state index in [4.69, 9.17) is 30.9 Å². The van der Waals surface area contributed by atoms with Crippen molar-refractivity contribution in [3.8, 4) is 17.6 Å². The topological polar surface area (TPSA) is 149 Å². The van der Waals surface area contributed by atoms with Gasteiger partial charge in [-0.15, -0.1) is 0 Å². The minimum Gasteiger partial charge on any atom is -0.491 e. The largest absolute Gasteiger partial charge is 0.491 e. The molecule has 12 heteroatoms. The molecule has 3 aromatic rings. The van der Waals surface area contributed by atoms with Crippen LogP contribution in [0.4, 0.5) is 0 Å². The molecule has 0 aliphatic rings. The molecular formula is C29H32ClN3O7S. The van der Waals surface area contributed by atoms with Crippen LogP contribution in [-0.4, -0.2) is 55.5 Å². The second-order valence-electron chi connectivity index (χ2n) is 9.84. The molecule has 1 heterocycles. The summed E-state index contributed by atoms with van der Waals surface area (Å²) in [4.78, 5) is 18.3. The average Bonchev–Trinajstić information content (AvgIpc) is 2.93. The molecule has 41 heavy (non-hydrogen) atoms. The number of rotatable bonds is 15. The Labute approximate surface area is 244 Å². The zero-order valence-corrected chi connectivity index (χ0v) is 24.7. The quantitative estimate of drug-likeness (QED) is 0.187. The highest BCUT2D eigenvalue weighted by molar-refractivity contribution is 7.90. The third-order valence-corrected chi connectivity index (χ3v) is 7.42. The van der Waals surface area contributed by atoms with E-state index in [1.807, 2.05) is 38.1 Å². The van der Waals surface area contributed by atoms with Gasteiger partial charge in [-0.3, -0.25) is 0 Å². The Balaban J connectivity index is 1.62. The molecule has 3 rings (SSSR count). The second-order valence-corrected chi connectivity index (χ2v) is 12.2. The molecule has 0 aliphatic heterocycles. The van der Waals surface area contributed by atoms with E-state index in [9.17, 15) is 18.5 Å². The fourth-order valence-electron chi connectivity index (χ4n) is 3.93. The first-order valence-electron chi connectivity index (χ1n) is 12.8. The molecule has 0 spiro atoms. The summed E-state index contributed by atoms with van der Waals surface area (Å²) >= 11 is 6.56. The predicted octanol–water partition coefficient (Wildman–Crippen LogP) is 4.96. The van der Waals surface area contributed by atoms with E-state index in [0.717, 1.165) is 23.8 Å². The molecule has 0 saturated heterocycles. The molecule has 0 fully saturated rings. The van der Waals surface area contributed by atoms with Crippen LogP contribution >= 0.6 is 11.6 Å². The lowest BCUT2D eigenvalue weighted by atomic mass is 9.77. The Kier molecular flexibility index (Phi) is 11.1. The fourth-order valence-corrected chi connectivity index (χ4v) is 4.74. The number of carboxylic acids is 1. The number of nitrogens with zero attached hydrogens (tertiary/aromatic N) is 3. The molecular weight excluding hydrogens is 570 g/mol. The van der Waals surface area contributed by atoms with Crippen molar-refractivity contribution in [1.29, 1.82) is 5.26 Å². The summed E-state index contributed by atoms with van der Waals surface area (Å²) in [6.07, 6.45) is 4.62. The van der Waals surface area contributed by atoms with Crippen molar-refractivity contribution in [2.24, 2.45) is 0 Å². The van der Waals surface area contributed by atoms with Gasteiger partial charge < -0.3 is 19.3 Å². The van der Waals surface area contributed by atoms with E-state index < -0.39 is 21.2 Å². The number of aromatic nitrogens is 2. The van der Waals surface area contributed by atoms with Gasteiger partial charge in [0.15, 0.2) is 5.75 Å². The van der Waals surface area contributed by atoms with E-state index in [1.165, 1.54) is 6.20 Å². The molecule has 0 aliphatic carbocycles. The van der Waals surface area contributed by atoms with E-state index in [1.54, 1.807) is 18.2 Å². The van der Waals surface area contributed by atoms with Crippen LogP contribution in [0, 0.1) is 11.3 Å². The molecule has 218 valence electrons. The van der Waals surface area contributed by atoms with Gasteiger partial charge in [0.25, 0.3) is 0 Å². The highest BCUT2D eigenvalue weighted by Crippen LogP contribution is 2.38. The summed E-state index contributed by atoms with van der Waals surface area (Å²) in [5.74, 6) is -0.0761. The normalized spacial score (nSPS) is 11.6. The number of halogens is 1. The first kappa shape index (κ1) is 31.8. The Bertz CT molecular complexity index is 1500. The molecule has 0 radical (unpaired) electrons. The standard InChI is InChI=1S/C29H32ClN3O7S/c1-29(2,21-7-9-24(10-8-21)40-18-23-11-12-32-28(33-23)41(3,36)37)22-15-20(17-31)27(25(30)16-22)39-14-6-4-5-13-38-19-26(34)35/h7-12,15-16H,4-6,13-14,18-19H2,1-3H3,(H,34,35). The summed E-state index contributed by atoms with van der Waals surface area (Å²) in [7, 11) is -3.51. The van der Waals surface area contributed by atoms with E-state index in [-0.39, 0.29) is 18.4 Å². The van der Waals surface area contributed by atoms with Crippen LogP contribution in [0.15, 0.2) is 53.8 Å². The van der Waals surface area contributed by atoms with Crippen molar-refractivity contribution >= 4 is 27.4 Å². The molecule has 0 saturated carbocycles. The molecule has 0 bridgehead atoms. The minimum absolute atomic E-state index is 0.0783. The number of ether oxygens (including phenoxy) is 3. The number of benzene rings is 2. The van der Waals surface area contributed by atoms with Crippen LogP contribution in [0.2, 0.25) is 5.02 Å². The fraction of sp³-hybridized carbons (Fsp3) is 0.379. The van der Waals surface area contributed by atoms with E-state index in [0.29, 0.717) is 53.8 Å². The highest BCUT2D eigenvalue weighted by Gasteiger charge is 2.26. The molecule has 0 amide bonds. The Hall–Kier alpha value is -3.72. The van der Waals surface area contributed by atoms with Gasteiger partial charge in [-0.25, -0.2) is 23.2 Å². The maximum atomic E-state index is 11.7. The van der Waals surface area contributed by atoms with Crippen molar-refractivity contribution < 1.29 is 32.5 Å². The van der Waals surface area contributed by atoms with Crippen LogP contribution < -0.4 is 9.47 Å². The monoisotopic (exact) mass is 601 g/mol. The summed E-state index contributed by atoms with van der Waals surface area (Å²) in [5.41, 5.74) is 2.08. The Morgan fingerprint density at radius 2 is 1.76 bits per heavy atom. The Morgan fingerprint density at radius 3 is 2.41 bits per heavy atom. The lowest BCUT2D eigenvalue weighted by molar-refractivity contribution is -0.142. The number of hydrogen-bond donors (Lipinski definition) is 1. The summed E-state index contributed by atoms with van der Waals surface area (Å²) in [5, 5.41) is 18.5. The van der Waals surface area contributed by atoms with E-state index >= 15 is 0 Å². The highest BCUT2D eigenvalue weighted by atomic mass is 35.5. The van der Waals surface area contributed by atoms with Gasteiger partial charge in [0.2, 0.25) is 15.0 Å². The second kappa shape index (κ2) is 14.3.